The number of aryl methyl sites for hydroxylation is 1. The standard InChI is InChI=1S/C15H24N2O2/c1-5-17(13-8-6-7-12(2)11-13)10-9-15(3,16-4)14(18)19/h6-8,11,16H,5,9-10H2,1-4H3,(H,18,19). The van der Waals surface area contributed by atoms with E-state index in [1.54, 1.807) is 14.0 Å². The molecule has 1 unspecified atom stereocenters. The number of anilines is 1. The van der Waals surface area contributed by atoms with Gasteiger partial charge in [-0.2, -0.15) is 0 Å². The summed E-state index contributed by atoms with van der Waals surface area (Å²) in [5.74, 6) is -0.810. The number of nitrogens with one attached hydrogen (secondary N) is 1. The number of benzene rings is 1. The first-order valence-corrected chi connectivity index (χ1v) is 6.67. The molecular formula is C15H24N2O2. The lowest BCUT2D eigenvalue weighted by Crippen LogP contribution is -2.49. The van der Waals surface area contributed by atoms with E-state index in [2.05, 4.69) is 42.3 Å². The molecule has 0 saturated carbocycles. The summed E-state index contributed by atoms with van der Waals surface area (Å²) in [7, 11) is 1.69. The zero-order valence-corrected chi connectivity index (χ0v) is 12.2. The Morgan fingerprint density at radius 3 is 2.63 bits per heavy atom. The highest BCUT2D eigenvalue weighted by Gasteiger charge is 2.31. The highest BCUT2D eigenvalue weighted by Crippen LogP contribution is 2.18. The van der Waals surface area contributed by atoms with Gasteiger partial charge >= 0.3 is 5.97 Å². The van der Waals surface area contributed by atoms with Crippen LogP contribution in [0, 0.1) is 6.92 Å². The van der Waals surface area contributed by atoms with Gasteiger partial charge in [-0.25, -0.2) is 0 Å². The van der Waals surface area contributed by atoms with Crippen LogP contribution in [0.3, 0.4) is 0 Å². The lowest BCUT2D eigenvalue weighted by atomic mass is 9.98. The van der Waals surface area contributed by atoms with Crippen LogP contribution in [0.2, 0.25) is 0 Å². The molecule has 0 bridgehead atoms. The largest absolute Gasteiger partial charge is 0.480 e. The minimum atomic E-state index is -0.878. The number of aliphatic carboxylic acids is 1. The Morgan fingerprint density at radius 1 is 1.47 bits per heavy atom. The van der Waals surface area contributed by atoms with Crippen LogP contribution in [0.4, 0.5) is 5.69 Å². The maximum Gasteiger partial charge on any atom is 0.323 e. The number of nitrogens with zero attached hydrogens (tertiary/aromatic N) is 1. The summed E-state index contributed by atoms with van der Waals surface area (Å²) in [6.07, 6.45) is 0.556. The summed E-state index contributed by atoms with van der Waals surface area (Å²) in [5, 5.41) is 12.1. The lowest BCUT2D eigenvalue weighted by Gasteiger charge is -2.30. The van der Waals surface area contributed by atoms with E-state index in [0.717, 1.165) is 12.2 Å². The van der Waals surface area contributed by atoms with Crippen molar-refractivity contribution in [2.24, 2.45) is 0 Å². The first-order valence-electron chi connectivity index (χ1n) is 6.67. The fourth-order valence-electron chi connectivity index (χ4n) is 1.99. The van der Waals surface area contributed by atoms with Crippen LogP contribution in [0.15, 0.2) is 24.3 Å². The van der Waals surface area contributed by atoms with Gasteiger partial charge in [0.2, 0.25) is 0 Å². The molecular weight excluding hydrogens is 240 g/mol. The molecule has 1 atom stereocenters. The Hall–Kier alpha value is -1.55. The first-order chi connectivity index (χ1) is 8.92. The maximum absolute atomic E-state index is 11.3. The van der Waals surface area contributed by atoms with Crippen LogP contribution in [0.5, 0.6) is 0 Å². The third kappa shape index (κ3) is 3.96. The van der Waals surface area contributed by atoms with Crippen LogP contribution in [0.1, 0.15) is 25.8 Å². The molecule has 0 aliphatic rings. The zero-order valence-electron chi connectivity index (χ0n) is 12.2. The molecule has 2 N–H and O–H groups in total. The Bertz CT molecular complexity index is 434. The summed E-state index contributed by atoms with van der Waals surface area (Å²) in [6.45, 7) is 7.44. The van der Waals surface area contributed by atoms with Crippen molar-refractivity contribution < 1.29 is 9.90 Å². The summed E-state index contributed by atoms with van der Waals surface area (Å²) in [6, 6.07) is 8.28. The number of hydrogen-bond donors (Lipinski definition) is 2. The van der Waals surface area contributed by atoms with Crippen molar-refractivity contribution in [2.45, 2.75) is 32.7 Å². The Labute approximate surface area is 115 Å². The second-order valence-electron chi connectivity index (χ2n) is 5.06. The van der Waals surface area contributed by atoms with E-state index in [1.807, 2.05) is 6.07 Å². The Kier molecular flexibility index (Phi) is 5.36. The van der Waals surface area contributed by atoms with Gasteiger partial charge in [0.15, 0.2) is 0 Å². The van der Waals surface area contributed by atoms with E-state index in [-0.39, 0.29) is 0 Å². The van der Waals surface area contributed by atoms with Crippen molar-refractivity contribution in [1.29, 1.82) is 0 Å². The topological polar surface area (TPSA) is 52.6 Å². The van der Waals surface area contributed by atoms with Crippen LogP contribution < -0.4 is 10.2 Å². The Morgan fingerprint density at radius 2 is 2.16 bits per heavy atom. The van der Waals surface area contributed by atoms with E-state index in [4.69, 9.17) is 0 Å². The van der Waals surface area contributed by atoms with Gasteiger partial charge in [0.25, 0.3) is 0 Å². The van der Waals surface area contributed by atoms with Crippen LogP contribution >= 0.6 is 0 Å². The quantitative estimate of drug-likeness (QED) is 0.793. The number of carboxylic acid groups (broad SMARTS) is 1. The molecule has 4 heteroatoms. The van der Waals surface area contributed by atoms with Crippen LogP contribution in [0.25, 0.3) is 0 Å². The van der Waals surface area contributed by atoms with Crippen molar-refractivity contribution in [1.82, 2.24) is 5.32 Å². The predicted octanol–water partition coefficient (Wildman–Crippen LogP) is 2.27. The molecule has 1 rings (SSSR count). The minimum Gasteiger partial charge on any atom is -0.480 e. The highest BCUT2D eigenvalue weighted by atomic mass is 16.4. The molecule has 0 aliphatic heterocycles. The van der Waals surface area contributed by atoms with E-state index >= 15 is 0 Å². The average molecular weight is 264 g/mol. The second-order valence-corrected chi connectivity index (χ2v) is 5.06. The molecule has 1 aromatic carbocycles. The fraction of sp³-hybridized carbons (Fsp3) is 0.533. The van der Waals surface area contributed by atoms with Gasteiger partial charge in [0, 0.05) is 18.8 Å². The smallest absolute Gasteiger partial charge is 0.323 e. The van der Waals surface area contributed by atoms with Gasteiger partial charge in [0.05, 0.1) is 0 Å². The lowest BCUT2D eigenvalue weighted by molar-refractivity contribution is -0.144. The number of rotatable bonds is 7. The molecule has 0 radical (unpaired) electrons. The number of carbonyl (C=O) groups is 1. The number of carboxylic acids is 1. The monoisotopic (exact) mass is 264 g/mol. The van der Waals surface area contributed by atoms with Gasteiger partial charge in [-0.1, -0.05) is 12.1 Å². The Balaban J connectivity index is 2.76. The normalized spacial score (nSPS) is 13.9. The van der Waals surface area contributed by atoms with E-state index in [0.29, 0.717) is 13.0 Å². The molecule has 0 aliphatic carbocycles. The summed E-state index contributed by atoms with van der Waals surface area (Å²) in [5.41, 5.74) is 1.48. The van der Waals surface area contributed by atoms with Gasteiger partial charge in [-0.3, -0.25) is 4.79 Å². The van der Waals surface area contributed by atoms with E-state index < -0.39 is 11.5 Å². The second kappa shape index (κ2) is 6.57. The third-order valence-corrected chi connectivity index (χ3v) is 3.65. The van der Waals surface area contributed by atoms with Crippen molar-refractivity contribution in [3.8, 4) is 0 Å². The average Bonchev–Trinajstić information content (AvgIpc) is 2.39. The SMILES string of the molecule is CCN(CCC(C)(NC)C(=O)O)c1cccc(C)c1. The molecule has 0 heterocycles. The minimum absolute atomic E-state index is 0.556. The van der Waals surface area contributed by atoms with Crippen LogP contribution in [-0.2, 0) is 4.79 Å². The molecule has 19 heavy (non-hydrogen) atoms. The molecule has 106 valence electrons. The van der Waals surface area contributed by atoms with Crippen molar-refractivity contribution in [3.05, 3.63) is 29.8 Å². The number of hydrogen-bond acceptors (Lipinski definition) is 3. The van der Waals surface area contributed by atoms with Crippen LogP contribution in [-0.4, -0.2) is 36.8 Å². The van der Waals surface area contributed by atoms with Gasteiger partial charge in [-0.05, 0) is 51.9 Å². The number of likely N-dealkylation sites (N-methyl/N-ethyl adjacent to an activating group) is 1. The molecule has 0 aromatic heterocycles. The molecule has 0 amide bonds. The van der Waals surface area contributed by atoms with Crippen molar-refractivity contribution in [3.63, 3.8) is 0 Å². The molecule has 4 nitrogen and oxygen atoms in total. The summed E-state index contributed by atoms with van der Waals surface area (Å²) < 4.78 is 0. The van der Waals surface area contributed by atoms with Gasteiger partial charge in [-0.15, -0.1) is 0 Å². The third-order valence-electron chi connectivity index (χ3n) is 3.65. The summed E-state index contributed by atoms with van der Waals surface area (Å²) >= 11 is 0. The fourth-order valence-corrected chi connectivity index (χ4v) is 1.99. The van der Waals surface area contributed by atoms with E-state index in [1.165, 1.54) is 5.56 Å². The summed E-state index contributed by atoms with van der Waals surface area (Å²) in [4.78, 5) is 13.5. The highest BCUT2D eigenvalue weighted by molar-refractivity contribution is 5.78. The first kappa shape index (κ1) is 15.5. The van der Waals surface area contributed by atoms with Gasteiger partial charge in [0.1, 0.15) is 5.54 Å². The molecule has 0 fully saturated rings. The zero-order chi connectivity index (χ0) is 14.5. The van der Waals surface area contributed by atoms with Crippen molar-refractivity contribution >= 4 is 11.7 Å². The van der Waals surface area contributed by atoms with Crippen molar-refractivity contribution in [2.75, 3.05) is 25.0 Å². The molecule has 1 aromatic rings. The van der Waals surface area contributed by atoms with E-state index in [9.17, 15) is 9.90 Å². The predicted molar refractivity (Wildman–Crippen MR) is 78.8 cm³/mol. The van der Waals surface area contributed by atoms with Gasteiger partial charge < -0.3 is 15.3 Å². The molecule has 0 spiro atoms. The maximum atomic E-state index is 11.3. The molecule has 0 saturated heterocycles.